The number of hydrogen-bond acceptors (Lipinski definition) is 4. The molecule has 0 aliphatic rings. The van der Waals surface area contributed by atoms with Crippen molar-refractivity contribution in [1.29, 1.82) is 0 Å². The highest BCUT2D eigenvalue weighted by molar-refractivity contribution is 5.39. The number of nitrogens with zero attached hydrogens (tertiary/aromatic N) is 3. The van der Waals surface area contributed by atoms with Crippen LogP contribution in [0, 0.1) is 10.1 Å². The van der Waals surface area contributed by atoms with Crippen LogP contribution in [0.5, 0.6) is 0 Å². The number of para-hydroxylation sites is 1. The van der Waals surface area contributed by atoms with Gasteiger partial charge in [-0.2, -0.15) is 0 Å². The van der Waals surface area contributed by atoms with Crippen LogP contribution in [0.15, 0.2) is 36.7 Å². The van der Waals surface area contributed by atoms with Crippen LogP contribution in [0.4, 0.5) is 5.69 Å². The second kappa shape index (κ2) is 6.81. The zero-order chi connectivity index (χ0) is 14.4. The maximum absolute atomic E-state index is 10.9. The number of aryl methyl sites for hydroxylation is 1. The SMILES string of the molecule is Cn1ccnc1CCNCCc1ccccc1[N+](=O)[O-]. The monoisotopic (exact) mass is 274 g/mol. The number of nitro groups is 1. The Morgan fingerprint density at radius 1 is 1.30 bits per heavy atom. The van der Waals surface area contributed by atoms with Crippen LogP contribution in [0.2, 0.25) is 0 Å². The first-order valence-electron chi connectivity index (χ1n) is 6.57. The van der Waals surface area contributed by atoms with Crippen molar-refractivity contribution in [3.8, 4) is 0 Å². The molecular formula is C14H18N4O2. The molecule has 6 nitrogen and oxygen atoms in total. The third-order valence-corrected chi connectivity index (χ3v) is 3.21. The molecule has 0 aliphatic carbocycles. The molecule has 0 fully saturated rings. The Morgan fingerprint density at radius 2 is 2.05 bits per heavy atom. The summed E-state index contributed by atoms with van der Waals surface area (Å²) in [4.78, 5) is 14.8. The van der Waals surface area contributed by atoms with Gasteiger partial charge in [-0.25, -0.2) is 4.98 Å². The molecule has 2 rings (SSSR count). The first kappa shape index (κ1) is 14.2. The summed E-state index contributed by atoms with van der Waals surface area (Å²) < 4.78 is 1.99. The van der Waals surface area contributed by atoms with E-state index in [-0.39, 0.29) is 10.6 Å². The largest absolute Gasteiger partial charge is 0.338 e. The Morgan fingerprint density at radius 3 is 2.75 bits per heavy atom. The highest BCUT2D eigenvalue weighted by Gasteiger charge is 2.11. The Hall–Kier alpha value is -2.21. The molecule has 0 amide bonds. The van der Waals surface area contributed by atoms with Crippen molar-refractivity contribution in [3.63, 3.8) is 0 Å². The van der Waals surface area contributed by atoms with E-state index < -0.39 is 0 Å². The molecule has 2 aromatic rings. The molecule has 6 heteroatoms. The molecule has 106 valence electrons. The molecule has 1 aromatic carbocycles. The van der Waals surface area contributed by atoms with Crippen molar-refractivity contribution in [3.05, 3.63) is 58.2 Å². The summed E-state index contributed by atoms with van der Waals surface area (Å²) in [6.45, 7) is 1.53. The van der Waals surface area contributed by atoms with E-state index in [0.29, 0.717) is 6.42 Å². The molecule has 0 bridgehead atoms. The molecule has 0 unspecified atom stereocenters. The Kier molecular flexibility index (Phi) is 4.84. The number of aromatic nitrogens is 2. The zero-order valence-electron chi connectivity index (χ0n) is 11.5. The normalized spacial score (nSPS) is 10.7. The minimum atomic E-state index is -0.330. The molecule has 0 aliphatic heterocycles. The van der Waals surface area contributed by atoms with Crippen LogP contribution < -0.4 is 5.32 Å². The number of hydrogen-bond donors (Lipinski definition) is 1. The summed E-state index contributed by atoms with van der Waals surface area (Å²) in [5.74, 6) is 1.03. The van der Waals surface area contributed by atoms with Gasteiger partial charge >= 0.3 is 0 Å². The van der Waals surface area contributed by atoms with E-state index in [1.165, 1.54) is 0 Å². The van der Waals surface area contributed by atoms with Crippen molar-refractivity contribution in [2.45, 2.75) is 12.8 Å². The number of nitro benzene ring substituents is 1. The molecular weight excluding hydrogens is 256 g/mol. The van der Waals surface area contributed by atoms with Gasteiger partial charge in [0.25, 0.3) is 5.69 Å². The quantitative estimate of drug-likeness (QED) is 0.474. The fraction of sp³-hybridized carbons (Fsp3) is 0.357. The van der Waals surface area contributed by atoms with Crippen LogP contribution in [-0.2, 0) is 19.9 Å². The predicted octanol–water partition coefficient (Wildman–Crippen LogP) is 1.70. The van der Waals surface area contributed by atoms with E-state index in [1.54, 1.807) is 24.4 Å². The molecule has 0 atom stereocenters. The Bertz CT molecular complexity index is 580. The van der Waals surface area contributed by atoms with Crippen molar-refractivity contribution in [2.75, 3.05) is 13.1 Å². The Labute approximate surface area is 117 Å². The van der Waals surface area contributed by atoms with Crippen molar-refractivity contribution >= 4 is 5.69 Å². The van der Waals surface area contributed by atoms with Gasteiger partial charge < -0.3 is 9.88 Å². The first-order chi connectivity index (χ1) is 9.68. The third kappa shape index (κ3) is 3.64. The van der Waals surface area contributed by atoms with Gasteiger partial charge in [0.05, 0.1) is 4.92 Å². The Balaban J connectivity index is 1.76. The van der Waals surface area contributed by atoms with Gasteiger partial charge in [-0.3, -0.25) is 10.1 Å². The van der Waals surface area contributed by atoms with Crippen LogP contribution in [0.3, 0.4) is 0 Å². The van der Waals surface area contributed by atoms with Crippen LogP contribution in [0.25, 0.3) is 0 Å². The third-order valence-electron chi connectivity index (χ3n) is 3.21. The van der Waals surface area contributed by atoms with E-state index >= 15 is 0 Å². The van der Waals surface area contributed by atoms with Crippen LogP contribution in [0.1, 0.15) is 11.4 Å². The van der Waals surface area contributed by atoms with Gasteiger partial charge in [0.1, 0.15) is 5.82 Å². The average Bonchev–Trinajstić information content (AvgIpc) is 2.84. The molecule has 0 spiro atoms. The fourth-order valence-electron chi connectivity index (χ4n) is 2.09. The van der Waals surface area contributed by atoms with Gasteiger partial charge in [-0.05, 0) is 13.0 Å². The minimum Gasteiger partial charge on any atom is -0.338 e. The van der Waals surface area contributed by atoms with E-state index in [4.69, 9.17) is 0 Å². The second-order valence-corrected chi connectivity index (χ2v) is 4.59. The van der Waals surface area contributed by atoms with E-state index in [9.17, 15) is 10.1 Å². The molecule has 1 N–H and O–H groups in total. The van der Waals surface area contributed by atoms with Gasteiger partial charge in [0, 0.05) is 44.0 Å². The van der Waals surface area contributed by atoms with E-state index in [2.05, 4.69) is 10.3 Å². The molecule has 0 saturated carbocycles. The topological polar surface area (TPSA) is 73.0 Å². The maximum atomic E-state index is 10.9. The van der Waals surface area contributed by atoms with E-state index in [1.807, 2.05) is 23.9 Å². The first-order valence-corrected chi connectivity index (χ1v) is 6.57. The smallest absolute Gasteiger partial charge is 0.272 e. The number of benzene rings is 1. The number of nitrogens with one attached hydrogen (secondary N) is 1. The summed E-state index contributed by atoms with van der Waals surface area (Å²) in [6.07, 6.45) is 5.20. The molecule has 20 heavy (non-hydrogen) atoms. The fourth-order valence-corrected chi connectivity index (χ4v) is 2.09. The van der Waals surface area contributed by atoms with Crippen molar-refractivity contribution in [1.82, 2.24) is 14.9 Å². The summed E-state index contributed by atoms with van der Waals surface area (Å²) in [7, 11) is 1.97. The lowest BCUT2D eigenvalue weighted by Gasteiger charge is -2.05. The number of imidazole rings is 1. The van der Waals surface area contributed by atoms with Crippen LogP contribution >= 0.6 is 0 Å². The highest BCUT2D eigenvalue weighted by Crippen LogP contribution is 2.17. The van der Waals surface area contributed by atoms with E-state index in [0.717, 1.165) is 30.9 Å². The lowest BCUT2D eigenvalue weighted by molar-refractivity contribution is -0.385. The van der Waals surface area contributed by atoms with Gasteiger partial charge in [-0.15, -0.1) is 0 Å². The summed E-state index contributed by atoms with van der Waals surface area (Å²) >= 11 is 0. The molecule has 0 radical (unpaired) electrons. The standard InChI is InChI=1S/C14H18N4O2/c1-17-11-10-16-14(17)7-9-15-8-6-12-4-2-3-5-13(12)18(19)20/h2-5,10-11,15H,6-9H2,1H3. The lowest BCUT2D eigenvalue weighted by atomic mass is 10.1. The summed E-state index contributed by atoms with van der Waals surface area (Å²) in [6, 6.07) is 6.87. The second-order valence-electron chi connectivity index (χ2n) is 4.59. The minimum absolute atomic E-state index is 0.193. The average molecular weight is 274 g/mol. The highest BCUT2D eigenvalue weighted by atomic mass is 16.6. The van der Waals surface area contributed by atoms with Gasteiger partial charge in [-0.1, -0.05) is 18.2 Å². The summed E-state index contributed by atoms with van der Waals surface area (Å²) in [5.41, 5.74) is 0.959. The van der Waals surface area contributed by atoms with Crippen molar-refractivity contribution < 1.29 is 4.92 Å². The molecule has 1 heterocycles. The van der Waals surface area contributed by atoms with Gasteiger partial charge in [0.15, 0.2) is 0 Å². The number of rotatable bonds is 7. The lowest BCUT2D eigenvalue weighted by Crippen LogP contribution is -2.21. The molecule has 1 aromatic heterocycles. The zero-order valence-corrected chi connectivity index (χ0v) is 11.5. The van der Waals surface area contributed by atoms with Gasteiger partial charge in [0.2, 0.25) is 0 Å². The predicted molar refractivity (Wildman–Crippen MR) is 76.6 cm³/mol. The van der Waals surface area contributed by atoms with Crippen molar-refractivity contribution in [2.24, 2.45) is 7.05 Å². The van der Waals surface area contributed by atoms with Crippen LogP contribution in [-0.4, -0.2) is 27.6 Å². The summed E-state index contributed by atoms with van der Waals surface area (Å²) in [5, 5.41) is 14.2. The molecule has 0 saturated heterocycles. The maximum Gasteiger partial charge on any atom is 0.272 e.